The minimum absolute atomic E-state index is 0.139. The number of benzene rings is 4. The van der Waals surface area contributed by atoms with Crippen molar-refractivity contribution in [3.63, 3.8) is 0 Å². The second-order valence-corrected chi connectivity index (χ2v) is 18.0. The Kier molecular flexibility index (Phi) is 12.1. The van der Waals surface area contributed by atoms with E-state index in [9.17, 15) is 0 Å². The van der Waals surface area contributed by atoms with E-state index in [0.29, 0.717) is 28.6 Å². The fraction of sp³-hybridized carbons (Fsp3) is 0.308. The molecule has 342 valence electrons. The van der Waals surface area contributed by atoms with Crippen molar-refractivity contribution in [3.05, 3.63) is 144 Å². The Bertz CT molecular complexity index is 2940. The van der Waals surface area contributed by atoms with E-state index in [4.69, 9.17) is 0 Å². The standard InChI is InChI=1S/C26H26F2N6.C26H27FN6/c27-19-12-18(24-14-32-26(34-24)22-4-2-10-30-22)20(28)11-17(19)15-5-7-16(8-6-15)23-13-31-25(33-23)21-3-1-9-29-21;27-20-13-18(9-10-19(20)24-15-31-26(33-24)22-4-2-12-29-22)16-5-7-17(8-6-16)23-14-30-25(32-23)21-3-1-11-28-21/h5-8,11-14,21-22,29-30H,1-4,9-10H2,(H,31,33)(H,32,34);5-10,13-15,21-22,28-29H,1-4,11-12H2,(H,30,32)(H,31,33)/t2*21-,22?/m00/s1. The molecule has 12 rings (SSSR count). The van der Waals surface area contributed by atoms with E-state index in [1.54, 1.807) is 30.6 Å². The van der Waals surface area contributed by atoms with Crippen molar-refractivity contribution in [3.8, 4) is 67.3 Å². The number of imidazole rings is 4. The lowest BCUT2D eigenvalue weighted by atomic mass is 10.00. The molecule has 0 radical (unpaired) electrons. The van der Waals surface area contributed by atoms with Crippen LogP contribution in [0.15, 0.2) is 104 Å². The number of rotatable bonds is 10. The van der Waals surface area contributed by atoms with Crippen LogP contribution in [0.3, 0.4) is 0 Å². The molecule has 12 nitrogen and oxygen atoms in total. The molecule has 8 heterocycles. The summed E-state index contributed by atoms with van der Waals surface area (Å²) in [4.78, 5) is 31.2. The van der Waals surface area contributed by atoms with Gasteiger partial charge in [-0.15, -0.1) is 0 Å². The molecule has 8 N–H and O–H groups in total. The summed E-state index contributed by atoms with van der Waals surface area (Å²) in [5.41, 5.74) is 8.50. The van der Waals surface area contributed by atoms with Crippen molar-refractivity contribution in [1.29, 1.82) is 0 Å². The molecular weight excluding hydrogens is 850 g/mol. The Morgan fingerprint density at radius 3 is 1.12 bits per heavy atom. The molecule has 4 atom stereocenters. The van der Waals surface area contributed by atoms with Crippen LogP contribution in [0.4, 0.5) is 13.2 Å². The van der Waals surface area contributed by atoms with Crippen LogP contribution < -0.4 is 21.3 Å². The summed E-state index contributed by atoms with van der Waals surface area (Å²) in [6, 6.07) is 24.4. The third kappa shape index (κ3) is 9.11. The van der Waals surface area contributed by atoms with E-state index in [1.807, 2.05) is 48.8 Å². The molecule has 4 aliphatic rings. The van der Waals surface area contributed by atoms with Crippen molar-refractivity contribution in [2.75, 3.05) is 26.2 Å². The van der Waals surface area contributed by atoms with Crippen LogP contribution in [-0.2, 0) is 0 Å². The molecule has 0 saturated carbocycles. The lowest BCUT2D eigenvalue weighted by Gasteiger charge is -2.09. The lowest BCUT2D eigenvalue weighted by molar-refractivity contribution is 0.604. The van der Waals surface area contributed by atoms with Gasteiger partial charge in [-0.05, 0) is 130 Å². The smallest absolute Gasteiger partial charge is 0.133 e. The maximum Gasteiger partial charge on any atom is 0.133 e. The highest BCUT2D eigenvalue weighted by Crippen LogP contribution is 2.34. The largest absolute Gasteiger partial charge is 0.341 e. The van der Waals surface area contributed by atoms with E-state index in [1.165, 1.54) is 18.6 Å². The van der Waals surface area contributed by atoms with Crippen LogP contribution in [-0.4, -0.2) is 66.1 Å². The van der Waals surface area contributed by atoms with Gasteiger partial charge in [0.05, 0.1) is 71.7 Å². The van der Waals surface area contributed by atoms with Gasteiger partial charge in [-0.25, -0.2) is 33.1 Å². The molecule has 4 fully saturated rings. The van der Waals surface area contributed by atoms with Crippen molar-refractivity contribution >= 4 is 0 Å². The quantitative estimate of drug-likeness (QED) is 0.0673. The Hall–Kier alpha value is -6.65. The fourth-order valence-electron chi connectivity index (χ4n) is 9.85. The number of hydrogen-bond acceptors (Lipinski definition) is 8. The normalized spacial score (nSPS) is 20.4. The van der Waals surface area contributed by atoms with Gasteiger partial charge in [-0.3, -0.25) is 0 Å². The molecule has 4 aromatic heterocycles. The van der Waals surface area contributed by atoms with E-state index >= 15 is 13.2 Å². The van der Waals surface area contributed by atoms with E-state index in [-0.39, 0.29) is 35.1 Å². The molecule has 0 bridgehead atoms. The van der Waals surface area contributed by atoms with Gasteiger partial charge in [0.1, 0.15) is 40.7 Å². The minimum Gasteiger partial charge on any atom is -0.341 e. The Balaban J connectivity index is 0.000000148. The zero-order chi connectivity index (χ0) is 45.3. The molecule has 2 unspecified atom stereocenters. The maximum absolute atomic E-state index is 15.1. The fourth-order valence-corrected chi connectivity index (χ4v) is 9.85. The molecule has 15 heteroatoms. The predicted molar refractivity (Wildman–Crippen MR) is 254 cm³/mol. The number of H-pyrrole nitrogens is 4. The molecule has 4 aromatic carbocycles. The Morgan fingerprint density at radius 2 is 0.687 bits per heavy atom. The predicted octanol–water partition coefficient (Wildman–Crippen LogP) is 10.4. The number of aromatic amines is 4. The van der Waals surface area contributed by atoms with Gasteiger partial charge in [0, 0.05) is 16.7 Å². The van der Waals surface area contributed by atoms with Crippen molar-refractivity contribution in [1.82, 2.24) is 61.1 Å². The van der Waals surface area contributed by atoms with Crippen LogP contribution in [0.5, 0.6) is 0 Å². The van der Waals surface area contributed by atoms with Gasteiger partial charge < -0.3 is 41.2 Å². The number of hydrogen-bond donors (Lipinski definition) is 8. The van der Waals surface area contributed by atoms with E-state index in [2.05, 4.69) is 73.3 Å². The van der Waals surface area contributed by atoms with Gasteiger partial charge in [-0.1, -0.05) is 54.6 Å². The summed E-state index contributed by atoms with van der Waals surface area (Å²) in [5.74, 6) is 2.35. The molecule has 0 spiro atoms. The highest BCUT2D eigenvalue weighted by molar-refractivity contribution is 5.74. The average Bonchev–Trinajstić information content (AvgIpc) is 4.21. The summed E-state index contributed by atoms with van der Waals surface area (Å²) in [6.45, 7) is 4.00. The van der Waals surface area contributed by atoms with Gasteiger partial charge in [0.25, 0.3) is 0 Å². The average molecular weight is 903 g/mol. The molecule has 4 aliphatic heterocycles. The first-order valence-electron chi connectivity index (χ1n) is 23.5. The molecule has 67 heavy (non-hydrogen) atoms. The van der Waals surface area contributed by atoms with Gasteiger partial charge in [0.2, 0.25) is 0 Å². The van der Waals surface area contributed by atoms with Crippen molar-refractivity contribution in [2.24, 2.45) is 0 Å². The third-order valence-corrected chi connectivity index (χ3v) is 13.6. The summed E-state index contributed by atoms with van der Waals surface area (Å²) in [7, 11) is 0. The monoisotopic (exact) mass is 902 g/mol. The molecule has 4 saturated heterocycles. The lowest BCUT2D eigenvalue weighted by Crippen LogP contribution is -2.14. The third-order valence-electron chi connectivity index (χ3n) is 13.6. The van der Waals surface area contributed by atoms with Crippen molar-refractivity contribution in [2.45, 2.75) is 75.5 Å². The Labute approximate surface area is 386 Å². The van der Waals surface area contributed by atoms with Gasteiger partial charge in [-0.2, -0.15) is 0 Å². The zero-order valence-electron chi connectivity index (χ0n) is 37.0. The SMILES string of the molecule is Fc1cc(-c2ccc(-c3cnc([C@@H]4CCCN4)[nH]3)cc2)ccc1-c1cnc(C2CCCN2)[nH]1.Fc1cc(-c2cnc(C3CCCN3)[nH]2)c(F)cc1-c1ccc(-c2cnc([C@@H]3CCCN3)[nH]2)cc1. The first-order chi connectivity index (χ1) is 32.9. The van der Waals surface area contributed by atoms with Crippen LogP contribution in [0.2, 0.25) is 0 Å². The van der Waals surface area contributed by atoms with Crippen LogP contribution in [0.25, 0.3) is 67.3 Å². The molecular formula is C52H53F3N12. The highest BCUT2D eigenvalue weighted by atomic mass is 19.1. The minimum atomic E-state index is -0.489. The molecule has 0 amide bonds. The molecule has 0 aliphatic carbocycles. The first-order valence-corrected chi connectivity index (χ1v) is 23.5. The summed E-state index contributed by atoms with van der Waals surface area (Å²) in [5, 5.41) is 13.7. The summed E-state index contributed by atoms with van der Waals surface area (Å²) < 4.78 is 45.1. The summed E-state index contributed by atoms with van der Waals surface area (Å²) in [6.07, 6.45) is 15.8. The summed E-state index contributed by atoms with van der Waals surface area (Å²) >= 11 is 0. The maximum atomic E-state index is 15.1. The van der Waals surface area contributed by atoms with Crippen molar-refractivity contribution < 1.29 is 13.2 Å². The highest BCUT2D eigenvalue weighted by Gasteiger charge is 2.24. The van der Waals surface area contributed by atoms with Crippen LogP contribution in [0, 0.1) is 17.5 Å². The topological polar surface area (TPSA) is 163 Å². The Morgan fingerprint density at radius 1 is 0.343 bits per heavy atom. The number of nitrogens with zero attached hydrogens (tertiary/aromatic N) is 4. The number of aromatic nitrogens is 8. The van der Waals surface area contributed by atoms with E-state index < -0.39 is 11.6 Å². The second kappa shape index (κ2) is 18.9. The van der Waals surface area contributed by atoms with E-state index in [0.717, 1.165) is 128 Å². The second-order valence-electron chi connectivity index (χ2n) is 18.0. The van der Waals surface area contributed by atoms with Crippen LogP contribution >= 0.6 is 0 Å². The van der Waals surface area contributed by atoms with Gasteiger partial charge >= 0.3 is 0 Å². The first kappa shape index (κ1) is 43.0. The molecule has 8 aromatic rings. The number of halogens is 3. The van der Waals surface area contributed by atoms with Crippen LogP contribution in [0.1, 0.15) is 98.8 Å². The van der Waals surface area contributed by atoms with Gasteiger partial charge in [0.15, 0.2) is 0 Å². The number of nitrogens with one attached hydrogen (secondary N) is 8. The zero-order valence-corrected chi connectivity index (χ0v) is 37.0.